The van der Waals surface area contributed by atoms with Gasteiger partial charge in [-0.3, -0.25) is 0 Å². The lowest BCUT2D eigenvalue weighted by Crippen LogP contribution is -2.19. The molecule has 0 radical (unpaired) electrons. The zero-order valence-electron chi connectivity index (χ0n) is 10.7. The predicted molar refractivity (Wildman–Crippen MR) is 65.5 cm³/mol. The maximum atomic E-state index is 13.5. The number of benzene rings is 1. The van der Waals surface area contributed by atoms with Gasteiger partial charge in [0.05, 0.1) is 6.61 Å². The monoisotopic (exact) mass is 259 g/mol. The van der Waals surface area contributed by atoms with Crippen LogP contribution in [0, 0.1) is 17.6 Å². The fourth-order valence-electron chi connectivity index (χ4n) is 1.51. The van der Waals surface area contributed by atoms with Gasteiger partial charge in [0.25, 0.3) is 0 Å². The van der Waals surface area contributed by atoms with Gasteiger partial charge in [-0.15, -0.1) is 0 Å². The van der Waals surface area contributed by atoms with Crippen molar-refractivity contribution in [3.05, 3.63) is 29.3 Å². The number of ether oxygens (including phenoxy) is 1. The second-order valence-electron chi connectivity index (χ2n) is 4.49. The molecule has 0 unspecified atom stereocenters. The Morgan fingerprint density at radius 2 is 1.89 bits per heavy atom. The van der Waals surface area contributed by atoms with Crippen LogP contribution >= 0.6 is 0 Å². The Hall–Kier alpha value is -1.20. The number of aliphatic hydroxyl groups is 1. The summed E-state index contributed by atoms with van der Waals surface area (Å²) in [5.74, 6) is -1.45. The van der Waals surface area contributed by atoms with Crippen LogP contribution in [0.3, 0.4) is 0 Å². The first-order valence-electron chi connectivity index (χ1n) is 5.97. The van der Waals surface area contributed by atoms with E-state index in [9.17, 15) is 8.78 Å². The fourth-order valence-corrected chi connectivity index (χ4v) is 1.51. The zero-order chi connectivity index (χ0) is 13.5. The molecule has 1 rings (SSSR count). The van der Waals surface area contributed by atoms with Crippen molar-refractivity contribution >= 4 is 0 Å². The van der Waals surface area contributed by atoms with Crippen molar-refractivity contribution in [2.75, 3.05) is 19.8 Å². The molecule has 1 aromatic rings. The van der Waals surface area contributed by atoms with Crippen LogP contribution in [0.4, 0.5) is 8.78 Å². The second kappa shape index (κ2) is 7.28. The third kappa shape index (κ3) is 4.58. The molecule has 0 bridgehead atoms. The second-order valence-corrected chi connectivity index (χ2v) is 4.49. The van der Waals surface area contributed by atoms with Crippen molar-refractivity contribution in [3.8, 4) is 5.75 Å². The summed E-state index contributed by atoms with van der Waals surface area (Å²) in [6, 6.07) is 2.48. The summed E-state index contributed by atoms with van der Waals surface area (Å²) >= 11 is 0. The van der Waals surface area contributed by atoms with Crippen molar-refractivity contribution < 1.29 is 18.6 Å². The van der Waals surface area contributed by atoms with E-state index in [2.05, 4.69) is 19.2 Å². The number of aliphatic hydroxyl groups excluding tert-OH is 1. The quantitative estimate of drug-likeness (QED) is 0.787. The molecule has 0 spiro atoms. The molecule has 0 heterocycles. The summed E-state index contributed by atoms with van der Waals surface area (Å²) in [6.07, 6.45) is 0. The van der Waals surface area contributed by atoms with Crippen LogP contribution in [0.15, 0.2) is 12.1 Å². The lowest BCUT2D eigenvalue weighted by atomic mass is 10.1. The van der Waals surface area contributed by atoms with E-state index in [-0.39, 0.29) is 13.2 Å². The Bertz CT molecular complexity index is 360. The van der Waals surface area contributed by atoms with Crippen LogP contribution in [0.1, 0.15) is 19.4 Å². The maximum absolute atomic E-state index is 13.5. The molecule has 0 saturated heterocycles. The first-order chi connectivity index (χ1) is 8.54. The van der Waals surface area contributed by atoms with E-state index >= 15 is 0 Å². The number of hydrogen-bond donors (Lipinski definition) is 2. The van der Waals surface area contributed by atoms with E-state index < -0.39 is 17.4 Å². The van der Waals surface area contributed by atoms with Gasteiger partial charge in [-0.05, 0) is 30.2 Å². The van der Waals surface area contributed by atoms with Crippen LogP contribution in [0.5, 0.6) is 5.75 Å². The molecule has 0 aliphatic rings. The highest BCUT2D eigenvalue weighted by Gasteiger charge is 2.12. The standard InChI is InChI=1S/C13H19F2NO2/c1-9(2)7-16-8-10-5-11(14)13(12(15)6-10)18-4-3-17/h5-6,9,16-17H,3-4,7-8H2,1-2H3. The smallest absolute Gasteiger partial charge is 0.190 e. The minimum Gasteiger partial charge on any atom is -0.485 e. The number of rotatable bonds is 7. The third-order valence-corrected chi connectivity index (χ3v) is 2.28. The summed E-state index contributed by atoms with van der Waals surface area (Å²) in [4.78, 5) is 0. The fraction of sp³-hybridized carbons (Fsp3) is 0.538. The van der Waals surface area contributed by atoms with E-state index in [0.717, 1.165) is 6.54 Å². The van der Waals surface area contributed by atoms with Crippen LogP contribution in [-0.2, 0) is 6.54 Å². The number of hydrogen-bond acceptors (Lipinski definition) is 3. The summed E-state index contributed by atoms with van der Waals surface area (Å²) in [5, 5.41) is 11.7. The van der Waals surface area contributed by atoms with Gasteiger partial charge in [-0.1, -0.05) is 13.8 Å². The van der Waals surface area contributed by atoms with Crippen LogP contribution in [-0.4, -0.2) is 24.9 Å². The van der Waals surface area contributed by atoms with E-state index in [1.165, 1.54) is 12.1 Å². The molecule has 0 saturated carbocycles. The molecule has 5 heteroatoms. The average Bonchev–Trinajstić information content (AvgIpc) is 2.27. The van der Waals surface area contributed by atoms with Gasteiger partial charge in [0.15, 0.2) is 17.4 Å². The van der Waals surface area contributed by atoms with Gasteiger partial charge < -0.3 is 15.2 Å². The zero-order valence-corrected chi connectivity index (χ0v) is 10.7. The molecule has 0 aliphatic carbocycles. The Balaban J connectivity index is 2.67. The van der Waals surface area contributed by atoms with Gasteiger partial charge in [-0.2, -0.15) is 0 Å². The highest BCUT2D eigenvalue weighted by atomic mass is 19.1. The summed E-state index contributed by atoms with van der Waals surface area (Å²) < 4.78 is 31.9. The van der Waals surface area contributed by atoms with E-state index in [4.69, 9.17) is 9.84 Å². The molecule has 0 atom stereocenters. The third-order valence-electron chi connectivity index (χ3n) is 2.28. The average molecular weight is 259 g/mol. The van der Waals surface area contributed by atoms with E-state index in [0.29, 0.717) is 18.0 Å². The molecule has 3 nitrogen and oxygen atoms in total. The molecular weight excluding hydrogens is 240 g/mol. The Morgan fingerprint density at radius 1 is 1.28 bits per heavy atom. The lowest BCUT2D eigenvalue weighted by molar-refractivity contribution is 0.191. The molecular formula is C13H19F2NO2. The minimum atomic E-state index is -0.746. The minimum absolute atomic E-state index is 0.126. The van der Waals surface area contributed by atoms with Crippen LogP contribution in [0.25, 0.3) is 0 Å². The predicted octanol–water partition coefficient (Wildman–Crippen LogP) is 2.08. The van der Waals surface area contributed by atoms with Crippen molar-refractivity contribution in [1.82, 2.24) is 5.32 Å². The molecule has 0 amide bonds. The molecule has 0 aliphatic heterocycles. The highest BCUT2D eigenvalue weighted by molar-refractivity contribution is 5.31. The number of nitrogens with one attached hydrogen (secondary N) is 1. The van der Waals surface area contributed by atoms with Gasteiger partial charge >= 0.3 is 0 Å². The first-order valence-corrected chi connectivity index (χ1v) is 5.97. The van der Waals surface area contributed by atoms with Crippen molar-refractivity contribution in [2.45, 2.75) is 20.4 Å². The van der Waals surface area contributed by atoms with Crippen LogP contribution in [0.2, 0.25) is 0 Å². The van der Waals surface area contributed by atoms with Crippen molar-refractivity contribution in [1.29, 1.82) is 0 Å². The molecule has 2 N–H and O–H groups in total. The van der Waals surface area contributed by atoms with Gasteiger partial charge in [0, 0.05) is 6.54 Å². The van der Waals surface area contributed by atoms with Crippen molar-refractivity contribution in [2.24, 2.45) is 5.92 Å². The van der Waals surface area contributed by atoms with Gasteiger partial charge in [-0.25, -0.2) is 8.78 Å². The molecule has 0 aromatic heterocycles. The van der Waals surface area contributed by atoms with E-state index in [1.54, 1.807) is 0 Å². The number of halogens is 2. The van der Waals surface area contributed by atoms with Crippen LogP contribution < -0.4 is 10.1 Å². The Kier molecular flexibility index (Phi) is 6.01. The summed E-state index contributed by atoms with van der Waals surface area (Å²) in [5.41, 5.74) is 0.530. The molecule has 0 fully saturated rings. The molecule has 1 aromatic carbocycles. The maximum Gasteiger partial charge on any atom is 0.190 e. The Labute approximate surface area is 106 Å². The van der Waals surface area contributed by atoms with Gasteiger partial charge in [0.1, 0.15) is 6.61 Å². The Morgan fingerprint density at radius 3 is 2.39 bits per heavy atom. The molecule has 18 heavy (non-hydrogen) atoms. The lowest BCUT2D eigenvalue weighted by Gasteiger charge is -2.11. The van der Waals surface area contributed by atoms with Crippen molar-refractivity contribution in [3.63, 3.8) is 0 Å². The summed E-state index contributed by atoms with van der Waals surface area (Å²) in [6.45, 7) is 4.90. The highest BCUT2D eigenvalue weighted by Crippen LogP contribution is 2.23. The topological polar surface area (TPSA) is 41.5 Å². The normalized spacial score (nSPS) is 11.0. The summed E-state index contributed by atoms with van der Waals surface area (Å²) in [7, 11) is 0. The first kappa shape index (κ1) is 14.9. The SMILES string of the molecule is CC(C)CNCc1cc(F)c(OCCO)c(F)c1. The van der Waals surface area contributed by atoms with Gasteiger partial charge in [0.2, 0.25) is 0 Å². The molecule has 102 valence electrons. The van der Waals surface area contributed by atoms with E-state index in [1.807, 2.05) is 0 Å². The largest absolute Gasteiger partial charge is 0.485 e.